The highest BCUT2D eigenvalue weighted by Gasteiger charge is 2.13. The van der Waals surface area contributed by atoms with Gasteiger partial charge in [0.05, 0.1) is 7.14 Å². The van der Waals surface area contributed by atoms with E-state index in [1.54, 1.807) is 24.3 Å². The van der Waals surface area contributed by atoms with Gasteiger partial charge in [-0.2, -0.15) is 5.26 Å². The normalized spacial score (nSPS) is 10.9. The van der Waals surface area contributed by atoms with E-state index in [4.69, 9.17) is 9.84 Å². The average Bonchev–Trinajstić information content (AvgIpc) is 2.65. The third-order valence-electron chi connectivity index (χ3n) is 3.66. The van der Waals surface area contributed by atoms with Gasteiger partial charge in [0, 0.05) is 5.69 Å². The summed E-state index contributed by atoms with van der Waals surface area (Å²) >= 11 is 4.05. The first kappa shape index (κ1) is 22.2. The molecule has 2 N–H and O–H groups in total. The summed E-state index contributed by atoms with van der Waals surface area (Å²) in [6.45, 7) is 1.61. The van der Waals surface area contributed by atoms with Gasteiger partial charge in [0.25, 0.3) is 5.91 Å². The molecule has 0 spiro atoms. The van der Waals surface area contributed by atoms with Crippen LogP contribution < -0.4 is 10.1 Å². The summed E-state index contributed by atoms with van der Waals surface area (Å²) in [5.74, 6) is -1.10. The number of halogens is 2. The fraction of sp³-hybridized carbons (Fsp3) is 0.150. The van der Waals surface area contributed by atoms with Gasteiger partial charge in [-0.25, -0.2) is 4.79 Å². The number of carboxylic acids is 1. The second-order valence-electron chi connectivity index (χ2n) is 5.67. The zero-order valence-corrected chi connectivity index (χ0v) is 19.1. The molecule has 0 aromatic heterocycles. The van der Waals surface area contributed by atoms with E-state index in [0.29, 0.717) is 24.1 Å². The molecule has 0 radical (unpaired) electrons. The lowest BCUT2D eigenvalue weighted by Gasteiger charge is -2.10. The van der Waals surface area contributed by atoms with Crippen LogP contribution in [0.15, 0.2) is 42.0 Å². The van der Waals surface area contributed by atoms with E-state index < -0.39 is 18.5 Å². The Bertz CT molecular complexity index is 940. The quantitative estimate of drug-likeness (QED) is 0.277. The van der Waals surface area contributed by atoms with E-state index >= 15 is 0 Å². The fourth-order valence-corrected chi connectivity index (χ4v) is 4.40. The van der Waals surface area contributed by atoms with E-state index in [-0.39, 0.29) is 5.57 Å². The highest BCUT2D eigenvalue weighted by Crippen LogP contribution is 2.30. The van der Waals surface area contributed by atoms with Crippen molar-refractivity contribution in [3.8, 4) is 11.8 Å². The molecule has 28 heavy (non-hydrogen) atoms. The Labute approximate surface area is 189 Å². The Morgan fingerprint density at radius 2 is 1.82 bits per heavy atom. The van der Waals surface area contributed by atoms with Crippen molar-refractivity contribution in [2.45, 2.75) is 13.3 Å². The molecule has 0 aliphatic heterocycles. The SMILES string of the molecule is CCc1ccc(NC(=O)/C(C#N)=C\c2cc(I)c(OCC(=O)O)c(I)c2)cc1. The van der Waals surface area contributed by atoms with Crippen molar-refractivity contribution in [3.63, 3.8) is 0 Å². The van der Waals surface area contributed by atoms with Crippen LogP contribution in [0, 0.1) is 18.5 Å². The molecule has 0 unspecified atom stereocenters. The van der Waals surface area contributed by atoms with Crippen molar-refractivity contribution in [2.24, 2.45) is 0 Å². The van der Waals surface area contributed by atoms with Gasteiger partial charge in [0.1, 0.15) is 17.4 Å². The van der Waals surface area contributed by atoms with Crippen LogP contribution in [0.3, 0.4) is 0 Å². The number of nitriles is 1. The zero-order chi connectivity index (χ0) is 20.7. The summed E-state index contributed by atoms with van der Waals surface area (Å²) in [5.41, 5.74) is 2.38. The minimum Gasteiger partial charge on any atom is -0.480 e. The van der Waals surface area contributed by atoms with Gasteiger partial charge in [-0.05, 0) is 93.1 Å². The zero-order valence-electron chi connectivity index (χ0n) is 14.8. The summed E-state index contributed by atoms with van der Waals surface area (Å²) < 4.78 is 6.65. The number of carboxylic acid groups (broad SMARTS) is 1. The highest BCUT2D eigenvalue weighted by molar-refractivity contribution is 14.1. The second-order valence-corrected chi connectivity index (χ2v) is 7.99. The summed E-state index contributed by atoms with van der Waals surface area (Å²) in [6, 6.07) is 12.8. The molecule has 0 heterocycles. The Hall–Kier alpha value is -2.13. The summed E-state index contributed by atoms with van der Waals surface area (Å²) in [5, 5.41) is 20.9. The lowest BCUT2D eigenvalue weighted by molar-refractivity contribution is -0.139. The van der Waals surface area contributed by atoms with Crippen LogP contribution in [0.5, 0.6) is 5.75 Å². The summed E-state index contributed by atoms with van der Waals surface area (Å²) in [4.78, 5) is 23.1. The standard InChI is InChI=1S/C20H16I2N2O4/c1-2-12-3-5-15(6-4-12)24-20(27)14(10-23)7-13-8-16(21)19(17(22)9-13)28-11-18(25)26/h3-9H,2,11H2,1H3,(H,24,27)(H,25,26)/b14-7-. The maximum Gasteiger partial charge on any atom is 0.341 e. The van der Waals surface area contributed by atoms with Crippen LogP contribution in [-0.2, 0) is 16.0 Å². The minimum absolute atomic E-state index is 0.0367. The molecule has 0 bridgehead atoms. The van der Waals surface area contributed by atoms with Crippen LogP contribution in [0.1, 0.15) is 18.1 Å². The number of rotatable bonds is 7. The van der Waals surface area contributed by atoms with E-state index in [1.165, 1.54) is 6.08 Å². The minimum atomic E-state index is -1.06. The number of carbonyl (C=O) groups is 2. The number of carbonyl (C=O) groups excluding carboxylic acids is 1. The van der Waals surface area contributed by atoms with E-state index in [0.717, 1.165) is 12.0 Å². The number of amides is 1. The number of aliphatic carboxylic acids is 1. The van der Waals surface area contributed by atoms with Gasteiger partial charge >= 0.3 is 5.97 Å². The Kier molecular flexibility index (Phi) is 8.25. The van der Waals surface area contributed by atoms with Crippen molar-refractivity contribution in [1.29, 1.82) is 5.26 Å². The van der Waals surface area contributed by atoms with Crippen molar-refractivity contribution in [3.05, 3.63) is 60.2 Å². The van der Waals surface area contributed by atoms with Gasteiger partial charge in [-0.3, -0.25) is 4.79 Å². The van der Waals surface area contributed by atoms with Crippen LogP contribution in [0.25, 0.3) is 6.08 Å². The number of nitrogens with zero attached hydrogens (tertiary/aromatic N) is 1. The maximum atomic E-state index is 12.4. The number of ether oxygens (including phenoxy) is 1. The van der Waals surface area contributed by atoms with Crippen LogP contribution in [0.4, 0.5) is 5.69 Å². The molecule has 6 nitrogen and oxygen atoms in total. The number of hydrogen-bond donors (Lipinski definition) is 2. The number of anilines is 1. The lowest BCUT2D eigenvalue weighted by Crippen LogP contribution is -2.13. The average molecular weight is 602 g/mol. The van der Waals surface area contributed by atoms with Gasteiger partial charge in [-0.1, -0.05) is 19.1 Å². The van der Waals surface area contributed by atoms with Crippen LogP contribution >= 0.6 is 45.2 Å². The molecule has 1 amide bonds. The molecular weight excluding hydrogens is 586 g/mol. The first-order valence-electron chi connectivity index (χ1n) is 8.19. The number of benzene rings is 2. The predicted molar refractivity (Wildman–Crippen MR) is 123 cm³/mol. The van der Waals surface area contributed by atoms with Crippen LogP contribution in [0.2, 0.25) is 0 Å². The van der Waals surface area contributed by atoms with Gasteiger partial charge in [0.2, 0.25) is 0 Å². The monoisotopic (exact) mass is 602 g/mol. The molecule has 0 aliphatic rings. The molecule has 0 saturated carbocycles. The molecule has 144 valence electrons. The van der Waals surface area contributed by atoms with Gasteiger partial charge < -0.3 is 15.2 Å². The first-order valence-corrected chi connectivity index (χ1v) is 10.4. The van der Waals surface area contributed by atoms with Crippen molar-refractivity contribution >= 4 is 68.8 Å². The number of nitrogens with one attached hydrogen (secondary N) is 1. The Balaban J connectivity index is 2.21. The maximum absolute atomic E-state index is 12.4. The molecule has 0 atom stereocenters. The van der Waals surface area contributed by atoms with E-state index in [2.05, 4.69) is 5.32 Å². The Morgan fingerprint density at radius 3 is 2.32 bits per heavy atom. The van der Waals surface area contributed by atoms with Gasteiger partial charge in [-0.15, -0.1) is 0 Å². The third kappa shape index (κ3) is 6.20. The van der Waals surface area contributed by atoms with Crippen LogP contribution in [-0.4, -0.2) is 23.6 Å². The van der Waals surface area contributed by atoms with Crippen molar-refractivity contribution < 1.29 is 19.4 Å². The third-order valence-corrected chi connectivity index (χ3v) is 5.26. The largest absolute Gasteiger partial charge is 0.480 e. The molecular formula is C20H16I2N2O4. The second kappa shape index (κ2) is 10.4. The first-order chi connectivity index (χ1) is 13.3. The van der Waals surface area contributed by atoms with E-state index in [1.807, 2.05) is 70.3 Å². The molecule has 0 fully saturated rings. The number of hydrogen-bond acceptors (Lipinski definition) is 4. The highest BCUT2D eigenvalue weighted by atomic mass is 127. The molecule has 0 saturated heterocycles. The Morgan fingerprint density at radius 1 is 1.21 bits per heavy atom. The number of aryl methyl sites for hydroxylation is 1. The van der Waals surface area contributed by atoms with E-state index in [9.17, 15) is 14.9 Å². The van der Waals surface area contributed by atoms with Gasteiger partial charge in [0.15, 0.2) is 6.61 Å². The predicted octanol–water partition coefficient (Wildman–Crippen LogP) is 4.47. The molecule has 2 aromatic carbocycles. The molecule has 8 heteroatoms. The van der Waals surface area contributed by atoms with Crippen molar-refractivity contribution in [1.82, 2.24) is 0 Å². The van der Waals surface area contributed by atoms with Crippen molar-refractivity contribution in [2.75, 3.05) is 11.9 Å². The topological polar surface area (TPSA) is 99.4 Å². The fourth-order valence-electron chi connectivity index (χ4n) is 2.27. The molecule has 2 rings (SSSR count). The molecule has 2 aromatic rings. The summed E-state index contributed by atoms with van der Waals surface area (Å²) in [7, 11) is 0. The molecule has 0 aliphatic carbocycles. The summed E-state index contributed by atoms with van der Waals surface area (Å²) in [6.07, 6.45) is 2.39. The lowest BCUT2D eigenvalue weighted by atomic mass is 10.1. The smallest absolute Gasteiger partial charge is 0.341 e.